The van der Waals surface area contributed by atoms with Gasteiger partial charge in [0, 0.05) is 23.1 Å². The number of benzene rings is 1. The molecule has 1 aliphatic rings. The van der Waals surface area contributed by atoms with Gasteiger partial charge in [0.15, 0.2) is 0 Å². The van der Waals surface area contributed by atoms with Crippen molar-refractivity contribution >= 4 is 27.7 Å². The summed E-state index contributed by atoms with van der Waals surface area (Å²) in [4.78, 5) is 0. The number of sulfonamides is 1. The largest absolute Gasteiger partial charge is 0.396 e. The minimum absolute atomic E-state index is 0.00207. The third-order valence-electron chi connectivity index (χ3n) is 3.79. The molecule has 0 radical (unpaired) electrons. The van der Waals surface area contributed by atoms with Crippen molar-refractivity contribution < 1.29 is 13.5 Å². The van der Waals surface area contributed by atoms with Gasteiger partial charge < -0.3 is 5.11 Å². The minimum Gasteiger partial charge on any atom is -0.396 e. The van der Waals surface area contributed by atoms with Crippen LogP contribution >= 0.6 is 11.6 Å². The molecule has 2 rings (SSSR count). The second-order valence-electron chi connectivity index (χ2n) is 5.32. The van der Waals surface area contributed by atoms with Crippen molar-refractivity contribution in [2.24, 2.45) is 5.92 Å². The predicted octanol–water partition coefficient (Wildman–Crippen LogP) is 2.78. The molecule has 0 amide bonds. The second kappa shape index (κ2) is 7.40. The zero-order valence-corrected chi connectivity index (χ0v) is 13.3. The van der Waals surface area contributed by atoms with Crippen LogP contribution in [0, 0.1) is 5.92 Å². The average molecular weight is 330 g/mol. The summed E-state index contributed by atoms with van der Waals surface area (Å²) in [6, 6.07) is 6.87. The first-order valence-electron chi connectivity index (χ1n) is 7.07. The molecule has 1 aromatic carbocycles. The molecule has 0 heterocycles. The standard InChI is InChI=1S/C15H20ClNO3S/c16-14-7-3-1-5-12(14)9-10-21(19,20)17-15-8-4-2-6-13(15)11-18/h1,3,5,7,9-10,13,15,17-18H,2,4,6,8,11H2/b10-9+. The van der Waals surface area contributed by atoms with Crippen LogP contribution in [0.2, 0.25) is 5.02 Å². The molecule has 21 heavy (non-hydrogen) atoms. The summed E-state index contributed by atoms with van der Waals surface area (Å²) in [5, 5.41) is 11.0. The SMILES string of the molecule is O=S(=O)(/C=C/c1ccccc1Cl)NC1CCCCC1CO. The molecule has 4 nitrogen and oxygen atoms in total. The van der Waals surface area contributed by atoms with Crippen molar-refractivity contribution in [2.45, 2.75) is 31.7 Å². The van der Waals surface area contributed by atoms with Crippen molar-refractivity contribution in [1.29, 1.82) is 0 Å². The number of aliphatic hydroxyl groups is 1. The summed E-state index contributed by atoms with van der Waals surface area (Å²) in [6.45, 7) is 0.0153. The Hall–Kier alpha value is -0.880. The maximum Gasteiger partial charge on any atom is 0.233 e. The van der Waals surface area contributed by atoms with Gasteiger partial charge in [-0.25, -0.2) is 13.1 Å². The predicted molar refractivity (Wildman–Crippen MR) is 85.4 cm³/mol. The van der Waals surface area contributed by atoms with Gasteiger partial charge in [-0.2, -0.15) is 0 Å². The normalized spacial score (nSPS) is 23.5. The Labute approximate surface area is 130 Å². The third-order valence-corrected chi connectivity index (χ3v) is 5.26. The van der Waals surface area contributed by atoms with E-state index in [1.165, 1.54) is 6.08 Å². The lowest BCUT2D eigenvalue weighted by Crippen LogP contribution is -2.42. The van der Waals surface area contributed by atoms with E-state index in [-0.39, 0.29) is 18.6 Å². The van der Waals surface area contributed by atoms with Gasteiger partial charge in [-0.1, -0.05) is 42.6 Å². The van der Waals surface area contributed by atoms with E-state index in [4.69, 9.17) is 11.6 Å². The van der Waals surface area contributed by atoms with Crippen LogP contribution < -0.4 is 4.72 Å². The first-order valence-corrected chi connectivity index (χ1v) is 9.00. The minimum atomic E-state index is -3.54. The topological polar surface area (TPSA) is 66.4 Å². The van der Waals surface area contributed by atoms with E-state index in [0.29, 0.717) is 10.6 Å². The molecule has 2 atom stereocenters. The molecule has 1 saturated carbocycles. The van der Waals surface area contributed by atoms with Gasteiger partial charge in [-0.3, -0.25) is 0 Å². The highest BCUT2D eigenvalue weighted by Gasteiger charge is 2.27. The fraction of sp³-hybridized carbons (Fsp3) is 0.467. The molecule has 2 N–H and O–H groups in total. The lowest BCUT2D eigenvalue weighted by Gasteiger charge is -2.30. The molecular formula is C15H20ClNO3S. The maximum absolute atomic E-state index is 12.1. The summed E-state index contributed by atoms with van der Waals surface area (Å²) in [6.07, 6.45) is 5.14. The van der Waals surface area contributed by atoms with Crippen LogP contribution in [-0.4, -0.2) is 26.2 Å². The first-order chi connectivity index (χ1) is 10.0. The molecule has 0 bridgehead atoms. The quantitative estimate of drug-likeness (QED) is 0.873. The molecule has 1 aromatic rings. The number of hydrogen-bond acceptors (Lipinski definition) is 3. The van der Waals surface area contributed by atoms with E-state index in [1.807, 2.05) is 0 Å². The molecule has 0 aliphatic heterocycles. The monoisotopic (exact) mass is 329 g/mol. The third kappa shape index (κ3) is 4.81. The van der Waals surface area contributed by atoms with Crippen LogP contribution in [0.4, 0.5) is 0 Å². The van der Waals surface area contributed by atoms with Crippen molar-refractivity contribution in [3.63, 3.8) is 0 Å². The Balaban J connectivity index is 2.06. The van der Waals surface area contributed by atoms with Gasteiger partial charge in [0.25, 0.3) is 0 Å². The van der Waals surface area contributed by atoms with Gasteiger partial charge in [0.2, 0.25) is 10.0 Å². The van der Waals surface area contributed by atoms with Crippen molar-refractivity contribution in [3.05, 3.63) is 40.3 Å². The van der Waals surface area contributed by atoms with Gasteiger partial charge in [-0.15, -0.1) is 0 Å². The highest BCUT2D eigenvalue weighted by molar-refractivity contribution is 7.92. The average Bonchev–Trinajstić information content (AvgIpc) is 2.47. The Morgan fingerprint density at radius 3 is 2.71 bits per heavy atom. The van der Waals surface area contributed by atoms with Crippen molar-refractivity contribution in [1.82, 2.24) is 4.72 Å². The number of halogens is 1. The van der Waals surface area contributed by atoms with Crippen LogP contribution in [0.3, 0.4) is 0 Å². The van der Waals surface area contributed by atoms with Gasteiger partial charge in [0.1, 0.15) is 0 Å². The summed E-state index contributed by atoms with van der Waals surface area (Å²) < 4.78 is 26.9. The molecule has 116 valence electrons. The second-order valence-corrected chi connectivity index (χ2v) is 7.33. The van der Waals surface area contributed by atoms with E-state index in [9.17, 15) is 13.5 Å². The van der Waals surface area contributed by atoms with E-state index < -0.39 is 10.0 Å². The molecule has 2 unspecified atom stereocenters. The first kappa shape index (κ1) is 16.5. The number of aliphatic hydroxyl groups excluding tert-OH is 1. The lowest BCUT2D eigenvalue weighted by molar-refractivity contribution is 0.164. The number of rotatable bonds is 5. The molecule has 0 spiro atoms. The zero-order valence-electron chi connectivity index (χ0n) is 11.7. The zero-order chi connectivity index (χ0) is 15.3. The summed E-state index contributed by atoms with van der Waals surface area (Å²) in [7, 11) is -3.54. The highest BCUT2D eigenvalue weighted by Crippen LogP contribution is 2.25. The van der Waals surface area contributed by atoms with E-state index in [1.54, 1.807) is 24.3 Å². The summed E-state index contributed by atoms with van der Waals surface area (Å²) >= 11 is 5.99. The summed E-state index contributed by atoms with van der Waals surface area (Å²) in [5.41, 5.74) is 0.659. The highest BCUT2D eigenvalue weighted by atomic mass is 35.5. The Kier molecular flexibility index (Phi) is 5.81. The smallest absolute Gasteiger partial charge is 0.233 e. The summed E-state index contributed by atoms with van der Waals surface area (Å²) in [5.74, 6) is 0.00207. The Morgan fingerprint density at radius 1 is 1.29 bits per heavy atom. The molecule has 1 fully saturated rings. The Bertz CT molecular complexity index is 601. The maximum atomic E-state index is 12.1. The lowest BCUT2D eigenvalue weighted by atomic mass is 9.86. The molecule has 6 heteroatoms. The van der Waals surface area contributed by atoms with Crippen LogP contribution in [0.15, 0.2) is 29.7 Å². The number of hydrogen-bond donors (Lipinski definition) is 2. The van der Waals surface area contributed by atoms with E-state index in [0.717, 1.165) is 31.1 Å². The van der Waals surface area contributed by atoms with Gasteiger partial charge in [0.05, 0.1) is 0 Å². The van der Waals surface area contributed by atoms with Crippen LogP contribution in [0.5, 0.6) is 0 Å². The van der Waals surface area contributed by atoms with Crippen LogP contribution in [0.25, 0.3) is 6.08 Å². The fourth-order valence-corrected chi connectivity index (χ4v) is 3.94. The van der Waals surface area contributed by atoms with Crippen LogP contribution in [0.1, 0.15) is 31.2 Å². The molecule has 0 aromatic heterocycles. The molecular weight excluding hydrogens is 310 g/mol. The van der Waals surface area contributed by atoms with Crippen molar-refractivity contribution in [3.8, 4) is 0 Å². The van der Waals surface area contributed by atoms with E-state index in [2.05, 4.69) is 4.72 Å². The molecule has 1 aliphatic carbocycles. The van der Waals surface area contributed by atoms with Gasteiger partial charge in [-0.05, 0) is 36.5 Å². The Morgan fingerprint density at radius 2 is 2.00 bits per heavy atom. The van der Waals surface area contributed by atoms with E-state index >= 15 is 0 Å². The van der Waals surface area contributed by atoms with Crippen LogP contribution in [-0.2, 0) is 10.0 Å². The van der Waals surface area contributed by atoms with Gasteiger partial charge >= 0.3 is 0 Å². The number of nitrogens with one attached hydrogen (secondary N) is 1. The fourth-order valence-electron chi connectivity index (χ4n) is 2.60. The van der Waals surface area contributed by atoms with Crippen molar-refractivity contribution in [2.75, 3.05) is 6.61 Å². The molecule has 0 saturated heterocycles.